The van der Waals surface area contributed by atoms with Gasteiger partial charge >= 0.3 is 0 Å². The van der Waals surface area contributed by atoms with E-state index >= 15 is 0 Å². The Morgan fingerprint density at radius 1 is 1.26 bits per heavy atom. The van der Waals surface area contributed by atoms with Crippen LogP contribution in [0.2, 0.25) is 0 Å². The van der Waals surface area contributed by atoms with E-state index < -0.39 is 0 Å². The van der Waals surface area contributed by atoms with Crippen LogP contribution in [0.1, 0.15) is 58.4 Å². The van der Waals surface area contributed by atoms with E-state index in [4.69, 9.17) is 11.1 Å². The normalized spacial score (nSPS) is 15.3. The molecule has 0 spiro atoms. The first kappa shape index (κ1) is 15.4. The van der Waals surface area contributed by atoms with Crippen molar-refractivity contribution in [2.45, 2.75) is 58.9 Å². The van der Waals surface area contributed by atoms with Crippen LogP contribution >= 0.6 is 0 Å². The fraction of sp³-hybridized carbons (Fsp3) is 0.643. The summed E-state index contributed by atoms with van der Waals surface area (Å²) in [7, 11) is 0. The lowest BCUT2D eigenvalue weighted by molar-refractivity contribution is 0.462. The van der Waals surface area contributed by atoms with Crippen molar-refractivity contribution in [3.05, 3.63) is 11.9 Å². The lowest BCUT2D eigenvalue weighted by Crippen LogP contribution is -2.24. The van der Waals surface area contributed by atoms with Crippen molar-refractivity contribution in [3.63, 3.8) is 0 Å². The number of rotatable bonds is 3. The number of hydrogen-bond acceptors (Lipinski definition) is 5. The number of nitrogen functional groups attached to an aromatic ring is 1. The molecule has 0 saturated heterocycles. The Bertz CT molecular complexity index is 410. The molecule has 0 aliphatic heterocycles. The fourth-order valence-corrected chi connectivity index (χ4v) is 2.32. The highest BCUT2D eigenvalue weighted by Gasteiger charge is 2.17. The molecular formula is C14H25N5. The third-order valence-corrected chi connectivity index (χ3v) is 3.20. The van der Waals surface area contributed by atoms with E-state index in [1.165, 1.54) is 38.4 Å². The number of nitrogens with zero attached hydrogens (tertiary/aromatic N) is 2. The van der Waals surface area contributed by atoms with Crippen molar-refractivity contribution < 1.29 is 0 Å². The molecule has 1 saturated carbocycles. The summed E-state index contributed by atoms with van der Waals surface area (Å²) in [6, 6.07) is 0.455. The molecule has 106 valence electrons. The Kier molecular flexibility index (Phi) is 6.25. The molecule has 4 N–H and O–H groups in total. The zero-order chi connectivity index (χ0) is 14.3. The van der Waals surface area contributed by atoms with Gasteiger partial charge in [-0.1, -0.05) is 33.1 Å². The molecule has 0 atom stereocenters. The SMILES string of the molecule is CC.CC(=N)c1c(N)ncnc1NC1CCCCC1. The van der Waals surface area contributed by atoms with E-state index in [1.54, 1.807) is 6.92 Å². The van der Waals surface area contributed by atoms with Gasteiger partial charge in [0.1, 0.15) is 18.0 Å². The second-order valence-electron chi connectivity index (χ2n) is 4.59. The van der Waals surface area contributed by atoms with Gasteiger partial charge in [-0.3, -0.25) is 0 Å². The van der Waals surface area contributed by atoms with Crippen molar-refractivity contribution in [2.75, 3.05) is 11.1 Å². The maximum Gasteiger partial charge on any atom is 0.140 e. The fourth-order valence-electron chi connectivity index (χ4n) is 2.32. The first-order valence-electron chi connectivity index (χ1n) is 7.11. The van der Waals surface area contributed by atoms with E-state index in [-0.39, 0.29) is 0 Å². The average molecular weight is 263 g/mol. The Morgan fingerprint density at radius 3 is 2.47 bits per heavy atom. The lowest BCUT2D eigenvalue weighted by Gasteiger charge is -2.24. The second kappa shape index (κ2) is 7.71. The van der Waals surface area contributed by atoms with Crippen LogP contribution in [0.15, 0.2) is 6.33 Å². The topological polar surface area (TPSA) is 87.7 Å². The van der Waals surface area contributed by atoms with E-state index in [1.807, 2.05) is 13.8 Å². The van der Waals surface area contributed by atoms with Gasteiger partial charge in [0.05, 0.1) is 5.56 Å². The molecule has 5 heteroatoms. The predicted molar refractivity (Wildman–Crippen MR) is 80.8 cm³/mol. The van der Waals surface area contributed by atoms with Crippen LogP contribution in [-0.2, 0) is 0 Å². The van der Waals surface area contributed by atoms with E-state index in [2.05, 4.69) is 15.3 Å². The third-order valence-electron chi connectivity index (χ3n) is 3.20. The van der Waals surface area contributed by atoms with Gasteiger partial charge in [-0.05, 0) is 19.8 Å². The molecule has 0 unspecified atom stereocenters. The Balaban J connectivity index is 0.000000861. The smallest absolute Gasteiger partial charge is 0.140 e. The second-order valence-corrected chi connectivity index (χ2v) is 4.59. The zero-order valence-electron chi connectivity index (χ0n) is 12.2. The number of aromatic nitrogens is 2. The van der Waals surface area contributed by atoms with E-state index in [0.29, 0.717) is 29.0 Å². The van der Waals surface area contributed by atoms with Gasteiger partial charge < -0.3 is 16.5 Å². The summed E-state index contributed by atoms with van der Waals surface area (Å²) in [5.74, 6) is 1.09. The highest BCUT2D eigenvalue weighted by atomic mass is 15.1. The molecule has 0 aromatic carbocycles. The molecule has 0 amide bonds. The van der Waals surface area contributed by atoms with Crippen molar-refractivity contribution in [3.8, 4) is 0 Å². The predicted octanol–water partition coefficient (Wildman–Crippen LogP) is 3.22. The molecule has 1 aliphatic rings. The number of nitrogens with one attached hydrogen (secondary N) is 2. The van der Waals surface area contributed by atoms with Crippen molar-refractivity contribution >= 4 is 17.3 Å². The molecule has 1 aromatic rings. The average Bonchev–Trinajstić information content (AvgIpc) is 2.42. The quantitative estimate of drug-likeness (QED) is 0.731. The largest absolute Gasteiger partial charge is 0.383 e. The summed E-state index contributed by atoms with van der Waals surface area (Å²) in [5.41, 5.74) is 6.84. The Hall–Kier alpha value is -1.65. The van der Waals surface area contributed by atoms with Gasteiger partial charge in [0.2, 0.25) is 0 Å². The Morgan fingerprint density at radius 2 is 1.89 bits per heavy atom. The molecule has 2 rings (SSSR count). The summed E-state index contributed by atoms with van der Waals surface area (Å²) >= 11 is 0. The summed E-state index contributed by atoms with van der Waals surface area (Å²) in [6.07, 6.45) is 7.63. The summed E-state index contributed by atoms with van der Waals surface area (Å²) in [6.45, 7) is 5.71. The molecular weight excluding hydrogens is 238 g/mol. The van der Waals surface area contributed by atoms with Gasteiger partial charge in [-0.2, -0.15) is 0 Å². The van der Waals surface area contributed by atoms with Crippen LogP contribution in [0.5, 0.6) is 0 Å². The molecule has 1 aliphatic carbocycles. The number of nitrogens with two attached hydrogens (primary N) is 1. The van der Waals surface area contributed by atoms with Crippen molar-refractivity contribution in [1.29, 1.82) is 5.41 Å². The standard InChI is InChI=1S/C12H19N5.C2H6/c1-8(13)10-11(14)15-7-16-12(10)17-9-5-3-2-4-6-9;1-2/h7,9,13H,2-6H2,1H3,(H3,14,15,16,17);1-2H3. The van der Waals surface area contributed by atoms with Gasteiger partial charge in [0.15, 0.2) is 0 Å². The van der Waals surface area contributed by atoms with Gasteiger partial charge in [-0.15, -0.1) is 0 Å². The summed E-state index contributed by atoms with van der Waals surface area (Å²) in [4.78, 5) is 8.15. The van der Waals surface area contributed by atoms with Crippen LogP contribution in [0.25, 0.3) is 0 Å². The molecule has 1 fully saturated rings. The Labute approximate surface area is 115 Å². The molecule has 19 heavy (non-hydrogen) atoms. The monoisotopic (exact) mass is 263 g/mol. The minimum Gasteiger partial charge on any atom is -0.383 e. The van der Waals surface area contributed by atoms with Gasteiger partial charge in [0.25, 0.3) is 0 Å². The highest BCUT2D eigenvalue weighted by Crippen LogP contribution is 2.24. The van der Waals surface area contributed by atoms with Crippen LogP contribution in [0.3, 0.4) is 0 Å². The summed E-state index contributed by atoms with van der Waals surface area (Å²) < 4.78 is 0. The number of anilines is 2. The highest BCUT2D eigenvalue weighted by molar-refractivity contribution is 6.04. The lowest BCUT2D eigenvalue weighted by atomic mass is 9.95. The first-order chi connectivity index (χ1) is 9.18. The molecule has 1 heterocycles. The third kappa shape index (κ3) is 4.19. The molecule has 0 bridgehead atoms. The number of hydrogen-bond donors (Lipinski definition) is 3. The molecule has 5 nitrogen and oxygen atoms in total. The minimum absolute atomic E-state index is 0.380. The minimum atomic E-state index is 0.380. The maximum atomic E-state index is 7.73. The maximum absolute atomic E-state index is 7.73. The van der Waals surface area contributed by atoms with Crippen LogP contribution in [0, 0.1) is 5.41 Å². The zero-order valence-corrected chi connectivity index (χ0v) is 12.2. The summed E-state index contributed by atoms with van der Waals surface area (Å²) in [5, 5.41) is 11.1. The van der Waals surface area contributed by atoms with Crippen molar-refractivity contribution in [1.82, 2.24) is 9.97 Å². The van der Waals surface area contributed by atoms with Crippen LogP contribution in [-0.4, -0.2) is 21.7 Å². The van der Waals surface area contributed by atoms with E-state index in [0.717, 1.165) is 0 Å². The van der Waals surface area contributed by atoms with Crippen molar-refractivity contribution in [2.24, 2.45) is 0 Å². The first-order valence-corrected chi connectivity index (χ1v) is 7.11. The molecule has 0 radical (unpaired) electrons. The van der Waals surface area contributed by atoms with Crippen LogP contribution in [0.4, 0.5) is 11.6 Å². The van der Waals surface area contributed by atoms with E-state index in [9.17, 15) is 0 Å². The van der Waals surface area contributed by atoms with Gasteiger partial charge in [-0.25, -0.2) is 9.97 Å². The van der Waals surface area contributed by atoms with Gasteiger partial charge in [0, 0.05) is 11.8 Å². The molecule has 1 aromatic heterocycles. The van der Waals surface area contributed by atoms with Crippen LogP contribution < -0.4 is 11.1 Å².